The number of likely N-dealkylation sites (N-methyl/N-ethyl adjacent to an activating group) is 1. The van der Waals surface area contributed by atoms with Crippen LogP contribution in [-0.2, 0) is 4.74 Å². The first kappa shape index (κ1) is 20.4. The van der Waals surface area contributed by atoms with Crippen molar-refractivity contribution in [1.82, 2.24) is 15.3 Å². The predicted octanol–water partition coefficient (Wildman–Crippen LogP) is 2.84. The van der Waals surface area contributed by atoms with E-state index in [0.29, 0.717) is 12.5 Å². The largest absolute Gasteiger partial charge is 0.502 e. The van der Waals surface area contributed by atoms with E-state index < -0.39 is 0 Å². The number of ether oxygens (including phenoxy) is 1. The van der Waals surface area contributed by atoms with E-state index in [9.17, 15) is 0 Å². The van der Waals surface area contributed by atoms with Gasteiger partial charge in [-0.3, -0.25) is 9.98 Å². The summed E-state index contributed by atoms with van der Waals surface area (Å²) in [6.45, 7) is 6.90. The molecular formula is C18H25N7OS. The summed E-state index contributed by atoms with van der Waals surface area (Å²) in [5.74, 6) is 1.50. The number of rotatable bonds is 8. The molecular weight excluding hydrogens is 362 g/mol. The number of thiazole rings is 1. The number of nitrogens with zero attached hydrogens (tertiary/aromatic N) is 5. The van der Waals surface area contributed by atoms with Gasteiger partial charge in [0, 0.05) is 26.0 Å². The number of hydrogen-bond acceptors (Lipinski definition) is 7. The highest BCUT2D eigenvalue weighted by molar-refractivity contribution is 7.14. The van der Waals surface area contributed by atoms with Gasteiger partial charge >= 0.3 is 0 Å². The van der Waals surface area contributed by atoms with Gasteiger partial charge in [-0.1, -0.05) is 6.07 Å². The summed E-state index contributed by atoms with van der Waals surface area (Å²) >= 11 is 1.50. The van der Waals surface area contributed by atoms with Crippen molar-refractivity contribution < 1.29 is 4.74 Å². The summed E-state index contributed by atoms with van der Waals surface area (Å²) in [6, 6.07) is 5.84. The summed E-state index contributed by atoms with van der Waals surface area (Å²) in [6.07, 6.45) is 1.57. The van der Waals surface area contributed by atoms with Crippen LogP contribution >= 0.6 is 11.3 Å². The first-order valence-corrected chi connectivity index (χ1v) is 9.29. The molecule has 0 atom stereocenters. The lowest BCUT2D eigenvalue weighted by Gasteiger charge is -2.18. The second-order valence-electron chi connectivity index (χ2n) is 5.51. The molecule has 0 fully saturated rings. The molecule has 0 unspecified atom stereocenters. The van der Waals surface area contributed by atoms with Crippen LogP contribution in [0.5, 0.6) is 0 Å². The van der Waals surface area contributed by atoms with Crippen LogP contribution in [0.4, 0.5) is 10.9 Å². The topological polar surface area (TPSA) is 87.0 Å². The third kappa shape index (κ3) is 5.78. The molecule has 0 aliphatic heterocycles. The Kier molecular flexibility index (Phi) is 7.75. The Labute approximate surface area is 163 Å². The van der Waals surface area contributed by atoms with Crippen LogP contribution in [0.2, 0.25) is 0 Å². The van der Waals surface area contributed by atoms with Gasteiger partial charge in [-0.05, 0) is 25.8 Å². The van der Waals surface area contributed by atoms with Gasteiger partial charge in [0.25, 0.3) is 0 Å². The molecule has 0 aromatic carbocycles. The fraction of sp³-hybridized carbons (Fsp3) is 0.333. The molecule has 0 bridgehead atoms. The van der Waals surface area contributed by atoms with Gasteiger partial charge in [-0.15, -0.1) is 11.3 Å². The maximum Gasteiger partial charge on any atom is 0.197 e. The molecule has 27 heavy (non-hydrogen) atoms. The Hall–Kier alpha value is -2.94. The fourth-order valence-corrected chi connectivity index (χ4v) is 2.96. The van der Waals surface area contributed by atoms with Crippen molar-refractivity contribution in [1.29, 1.82) is 0 Å². The van der Waals surface area contributed by atoms with Crippen LogP contribution in [0.1, 0.15) is 6.92 Å². The summed E-state index contributed by atoms with van der Waals surface area (Å²) < 4.78 is 5.01. The van der Waals surface area contributed by atoms with Gasteiger partial charge in [-0.2, -0.15) is 0 Å². The molecule has 144 valence electrons. The molecule has 0 saturated heterocycles. The zero-order valence-corrected chi connectivity index (χ0v) is 16.9. The molecule has 0 aliphatic carbocycles. The molecule has 0 radical (unpaired) electrons. The normalized spacial score (nSPS) is 11.9. The van der Waals surface area contributed by atoms with E-state index in [0.717, 1.165) is 34.6 Å². The van der Waals surface area contributed by atoms with E-state index in [1.54, 1.807) is 20.4 Å². The maximum absolute atomic E-state index is 5.01. The Balaban J connectivity index is 2.15. The van der Waals surface area contributed by atoms with Crippen molar-refractivity contribution in [3.8, 4) is 11.4 Å². The minimum Gasteiger partial charge on any atom is -0.502 e. The minimum atomic E-state index is 0.538. The highest BCUT2D eigenvalue weighted by Gasteiger charge is 2.10. The Morgan fingerprint density at radius 1 is 1.37 bits per heavy atom. The zero-order chi connectivity index (χ0) is 19.6. The number of hydrogen-bond donors (Lipinski definition) is 2. The van der Waals surface area contributed by atoms with Gasteiger partial charge in [0.2, 0.25) is 0 Å². The van der Waals surface area contributed by atoms with E-state index in [-0.39, 0.29) is 0 Å². The molecule has 8 nitrogen and oxygen atoms in total. The summed E-state index contributed by atoms with van der Waals surface area (Å²) in [7, 11) is 5.25. The first-order chi connectivity index (χ1) is 13.1. The maximum atomic E-state index is 5.01. The molecule has 9 heteroatoms. The predicted molar refractivity (Wildman–Crippen MR) is 114 cm³/mol. The van der Waals surface area contributed by atoms with Crippen molar-refractivity contribution >= 4 is 35.0 Å². The Morgan fingerprint density at radius 3 is 2.85 bits per heavy atom. The smallest absolute Gasteiger partial charge is 0.197 e. The van der Waals surface area contributed by atoms with E-state index in [4.69, 9.17) is 9.72 Å². The molecule has 2 aromatic heterocycles. The third-order valence-corrected chi connectivity index (χ3v) is 4.30. The standard InChI is InChI=1S/C18H25N7OS/c1-6-21-17(20-3)24-18-23-15(12-27-18)14-8-7-9-16(22-14)25(4)10-13(19-2)11-26-5/h7-9,11-12H,2,6,10H2,1,3-5H3,(H2,20,21,23,24)/b13-11-. The number of aromatic nitrogens is 2. The molecule has 0 spiro atoms. The van der Waals surface area contributed by atoms with Crippen LogP contribution in [0.3, 0.4) is 0 Å². The number of methoxy groups -OCH3 is 1. The molecule has 0 saturated carbocycles. The van der Waals surface area contributed by atoms with Crippen LogP contribution in [0.15, 0.2) is 45.5 Å². The van der Waals surface area contributed by atoms with Crippen molar-refractivity contribution in [2.75, 3.05) is 44.5 Å². The van der Waals surface area contributed by atoms with Gasteiger partial charge < -0.3 is 20.3 Å². The van der Waals surface area contributed by atoms with E-state index in [2.05, 4.69) is 32.3 Å². The van der Waals surface area contributed by atoms with Crippen molar-refractivity contribution in [3.05, 3.63) is 35.5 Å². The molecule has 2 rings (SSSR count). The lowest BCUT2D eigenvalue weighted by Crippen LogP contribution is -2.30. The average molecular weight is 388 g/mol. The Bertz CT molecular complexity index is 816. The third-order valence-electron chi connectivity index (χ3n) is 3.54. The first-order valence-electron chi connectivity index (χ1n) is 8.41. The van der Waals surface area contributed by atoms with E-state index in [1.165, 1.54) is 11.3 Å². The lowest BCUT2D eigenvalue weighted by atomic mass is 10.3. The summed E-state index contributed by atoms with van der Waals surface area (Å²) in [5.41, 5.74) is 2.33. The highest BCUT2D eigenvalue weighted by Crippen LogP contribution is 2.25. The highest BCUT2D eigenvalue weighted by atomic mass is 32.1. The second-order valence-corrected chi connectivity index (χ2v) is 6.36. The number of anilines is 2. The van der Waals surface area contributed by atoms with Crippen LogP contribution < -0.4 is 15.5 Å². The molecule has 2 aromatic rings. The minimum absolute atomic E-state index is 0.538. The van der Waals surface area contributed by atoms with Crippen LogP contribution in [-0.4, -0.2) is 56.9 Å². The fourth-order valence-electron chi connectivity index (χ4n) is 2.26. The van der Waals surface area contributed by atoms with Crippen molar-refractivity contribution in [3.63, 3.8) is 0 Å². The van der Waals surface area contributed by atoms with Gasteiger partial charge in [0.1, 0.15) is 17.8 Å². The van der Waals surface area contributed by atoms with Gasteiger partial charge in [0.05, 0.1) is 25.0 Å². The summed E-state index contributed by atoms with van der Waals surface area (Å²) in [5, 5.41) is 9.04. The monoisotopic (exact) mass is 387 g/mol. The lowest BCUT2D eigenvalue weighted by molar-refractivity contribution is 0.333. The number of pyridine rings is 1. The molecule has 2 N–H and O–H groups in total. The van der Waals surface area contributed by atoms with E-state index >= 15 is 0 Å². The summed E-state index contributed by atoms with van der Waals surface area (Å²) in [4.78, 5) is 19.4. The molecule has 0 aliphatic rings. The Morgan fingerprint density at radius 2 is 2.19 bits per heavy atom. The number of nitrogens with one attached hydrogen (secondary N) is 2. The number of guanidine groups is 1. The molecule has 2 heterocycles. The van der Waals surface area contributed by atoms with Crippen molar-refractivity contribution in [2.24, 2.45) is 9.98 Å². The average Bonchev–Trinajstić information content (AvgIpc) is 3.15. The SMILES string of the molecule is C=N/C(=C\OC)CN(C)c1cccc(-c2csc(NC(=NC)NCC)n2)n1. The zero-order valence-electron chi connectivity index (χ0n) is 16.1. The van der Waals surface area contributed by atoms with Gasteiger partial charge in [-0.25, -0.2) is 9.97 Å². The number of aliphatic imine (C=N–C) groups is 2. The van der Waals surface area contributed by atoms with Crippen molar-refractivity contribution in [2.45, 2.75) is 6.92 Å². The van der Waals surface area contributed by atoms with Gasteiger partial charge in [0.15, 0.2) is 11.1 Å². The van der Waals surface area contributed by atoms with E-state index in [1.807, 2.05) is 42.5 Å². The molecule has 0 amide bonds. The second kappa shape index (κ2) is 10.3. The van der Waals surface area contributed by atoms with Crippen LogP contribution in [0.25, 0.3) is 11.4 Å². The quantitative estimate of drug-likeness (QED) is 0.411. The van der Waals surface area contributed by atoms with Crippen LogP contribution in [0, 0.1) is 0 Å².